The van der Waals surface area contributed by atoms with E-state index < -0.39 is 34.2 Å². The predicted molar refractivity (Wildman–Crippen MR) is 93.4 cm³/mol. The van der Waals surface area contributed by atoms with Crippen LogP contribution in [0.2, 0.25) is 0 Å². The summed E-state index contributed by atoms with van der Waals surface area (Å²) >= 11 is 0. The summed E-state index contributed by atoms with van der Waals surface area (Å²) in [4.78, 5) is 12.7. The molecule has 3 aliphatic rings. The fourth-order valence-electron chi connectivity index (χ4n) is 5.12. The smallest absolute Gasteiger partial charge is 0.363 e. The number of hydrogen-bond acceptors (Lipinski definition) is 2. The first-order valence-corrected chi connectivity index (χ1v) is 9.43. The van der Waals surface area contributed by atoms with Crippen LogP contribution in [-0.4, -0.2) is 28.8 Å². The predicted octanol–water partition coefficient (Wildman–Crippen LogP) is 5.28. The number of carbonyl (C=O) groups is 1. The summed E-state index contributed by atoms with van der Waals surface area (Å²) in [6, 6.07) is 0. The maximum absolute atomic E-state index is 12.8. The lowest BCUT2D eigenvalue weighted by Crippen LogP contribution is -2.55. The number of hydrogen-bond donors (Lipinski definition) is 1. The van der Waals surface area contributed by atoms with Gasteiger partial charge in [-0.2, -0.15) is 26.3 Å². The molecule has 2 saturated carbocycles. The maximum atomic E-state index is 12.8. The van der Waals surface area contributed by atoms with Crippen molar-refractivity contribution in [3.05, 3.63) is 24.3 Å². The summed E-state index contributed by atoms with van der Waals surface area (Å²) in [6.45, 7) is 5.76. The van der Waals surface area contributed by atoms with Crippen molar-refractivity contribution < 1.29 is 36.2 Å². The molecule has 0 heterocycles. The fourth-order valence-corrected chi connectivity index (χ4v) is 5.12. The Morgan fingerprint density at radius 1 is 1.17 bits per heavy atom. The van der Waals surface area contributed by atoms with Crippen LogP contribution in [0.15, 0.2) is 24.3 Å². The lowest BCUT2D eigenvalue weighted by atomic mass is 9.54. The Labute approximate surface area is 165 Å². The highest BCUT2D eigenvalue weighted by Crippen LogP contribution is 2.70. The Hall–Kier alpha value is -1.75. The van der Waals surface area contributed by atoms with Gasteiger partial charge < -0.3 is 5.11 Å². The molecule has 0 aromatic rings. The van der Waals surface area contributed by atoms with E-state index in [-0.39, 0.29) is 12.2 Å². The summed E-state index contributed by atoms with van der Waals surface area (Å²) in [6.07, 6.45) is -5.22. The number of rotatable bonds is 3. The number of carbonyl (C=O) groups excluding carboxylic acids is 1. The summed E-state index contributed by atoms with van der Waals surface area (Å²) in [7, 11) is 0. The van der Waals surface area contributed by atoms with Gasteiger partial charge in [0.15, 0.2) is 0 Å². The highest BCUT2D eigenvalue weighted by atomic mass is 19.4. The van der Waals surface area contributed by atoms with Gasteiger partial charge in [0.2, 0.25) is 0 Å². The van der Waals surface area contributed by atoms with Crippen molar-refractivity contribution in [2.45, 2.75) is 69.8 Å². The van der Waals surface area contributed by atoms with Crippen LogP contribution in [0.3, 0.4) is 0 Å². The van der Waals surface area contributed by atoms with Crippen LogP contribution in [0.1, 0.15) is 51.9 Å². The van der Waals surface area contributed by atoms with E-state index in [2.05, 4.69) is 6.58 Å². The molecule has 2 fully saturated rings. The summed E-state index contributed by atoms with van der Waals surface area (Å²) in [5.74, 6) is 3.10. The minimum Gasteiger partial charge on any atom is -0.363 e. The summed E-state index contributed by atoms with van der Waals surface area (Å²) in [5.41, 5.74) is -6.16. The van der Waals surface area contributed by atoms with Gasteiger partial charge in [-0.3, -0.25) is 4.79 Å². The Morgan fingerprint density at radius 3 is 2.24 bits per heavy atom. The molecule has 1 unspecified atom stereocenters. The Bertz CT molecular complexity index is 807. The van der Waals surface area contributed by atoms with E-state index in [1.54, 1.807) is 6.08 Å². The average Bonchev–Trinajstić information content (AvgIpc) is 3.28. The standard InChI is InChI=1S/C21H22F6O2/c1-3-18-11-7-14(16(18,2)8-4-6-15(18)28)17(12-13-17)9-5-10-19(29,20(22,23)24)21(25,26)27/h3,7,29H,1,4,6,8-9,11-13H2,2H3/t16-,18?/m1/s1. The number of Topliss-reactive ketones (excluding diaryl/α,β-unsaturated/α-hetero) is 1. The first-order chi connectivity index (χ1) is 13.2. The molecule has 3 rings (SSSR count). The molecule has 8 heteroatoms. The van der Waals surface area contributed by atoms with Crippen LogP contribution in [0, 0.1) is 28.1 Å². The molecule has 0 bridgehead atoms. The lowest BCUT2D eigenvalue weighted by molar-refractivity contribution is -0.343. The first kappa shape index (κ1) is 21.9. The van der Waals surface area contributed by atoms with Crippen molar-refractivity contribution in [1.82, 2.24) is 0 Å². The molecule has 0 saturated heterocycles. The second kappa shape index (κ2) is 6.37. The van der Waals surface area contributed by atoms with Crippen molar-refractivity contribution in [2.24, 2.45) is 16.2 Å². The van der Waals surface area contributed by atoms with Gasteiger partial charge in [0.1, 0.15) is 5.78 Å². The highest BCUT2D eigenvalue weighted by Gasteiger charge is 2.70. The Morgan fingerprint density at radius 2 is 1.76 bits per heavy atom. The number of allylic oxidation sites excluding steroid dienone is 3. The molecule has 0 radical (unpaired) electrons. The molecule has 0 aliphatic heterocycles. The lowest BCUT2D eigenvalue weighted by Gasteiger charge is -2.48. The van der Waals surface area contributed by atoms with E-state index in [0.29, 0.717) is 38.5 Å². The van der Waals surface area contributed by atoms with Crippen molar-refractivity contribution in [1.29, 1.82) is 0 Å². The zero-order chi connectivity index (χ0) is 21.9. The third-order valence-corrected chi connectivity index (χ3v) is 7.08. The zero-order valence-corrected chi connectivity index (χ0v) is 15.9. The molecule has 3 aliphatic carbocycles. The van der Waals surface area contributed by atoms with Gasteiger partial charge in [0, 0.05) is 23.7 Å². The third-order valence-electron chi connectivity index (χ3n) is 7.08. The monoisotopic (exact) mass is 420 g/mol. The van der Waals surface area contributed by atoms with Crippen molar-refractivity contribution >= 4 is 5.78 Å². The Balaban J connectivity index is 1.91. The molecule has 0 spiro atoms. The normalized spacial score (nSPS) is 31.4. The molecular formula is C21H22F6O2. The van der Waals surface area contributed by atoms with Crippen LogP contribution in [0.5, 0.6) is 0 Å². The van der Waals surface area contributed by atoms with E-state index in [4.69, 9.17) is 0 Å². The fraction of sp³-hybridized carbons (Fsp3) is 0.667. The van der Waals surface area contributed by atoms with Crippen LogP contribution < -0.4 is 0 Å². The van der Waals surface area contributed by atoms with Gasteiger partial charge in [-0.25, -0.2) is 0 Å². The molecule has 29 heavy (non-hydrogen) atoms. The minimum absolute atomic E-state index is 0.0675. The largest absolute Gasteiger partial charge is 0.438 e. The molecule has 2 nitrogen and oxygen atoms in total. The molecular weight excluding hydrogens is 398 g/mol. The quantitative estimate of drug-likeness (QED) is 0.383. The second-order valence-corrected chi connectivity index (χ2v) is 8.57. The molecule has 160 valence electrons. The summed E-state index contributed by atoms with van der Waals surface area (Å²) < 4.78 is 77.0. The average molecular weight is 420 g/mol. The van der Waals surface area contributed by atoms with Crippen molar-refractivity contribution in [3.8, 4) is 11.8 Å². The number of halogens is 6. The highest BCUT2D eigenvalue weighted by molar-refractivity contribution is 5.90. The topological polar surface area (TPSA) is 37.3 Å². The van der Waals surface area contributed by atoms with Gasteiger partial charge in [0.05, 0.1) is 5.41 Å². The van der Waals surface area contributed by atoms with Crippen LogP contribution >= 0.6 is 0 Å². The third kappa shape index (κ3) is 2.96. The van der Waals surface area contributed by atoms with E-state index in [1.807, 2.05) is 18.9 Å². The number of fused-ring (bicyclic) bond motifs is 1. The number of aliphatic hydroxyl groups is 1. The van der Waals surface area contributed by atoms with E-state index >= 15 is 0 Å². The van der Waals surface area contributed by atoms with Crippen LogP contribution in [-0.2, 0) is 4.79 Å². The van der Waals surface area contributed by atoms with Gasteiger partial charge in [-0.15, -0.1) is 6.58 Å². The molecule has 1 N–H and O–H groups in total. The minimum atomic E-state index is -5.96. The van der Waals surface area contributed by atoms with Crippen molar-refractivity contribution in [3.63, 3.8) is 0 Å². The van der Waals surface area contributed by atoms with Crippen molar-refractivity contribution in [2.75, 3.05) is 0 Å². The van der Waals surface area contributed by atoms with E-state index in [9.17, 15) is 36.2 Å². The number of ketones is 1. The van der Waals surface area contributed by atoms with Gasteiger partial charge in [-0.05, 0) is 38.0 Å². The van der Waals surface area contributed by atoms with E-state index in [1.165, 1.54) is 0 Å². The second-order valence-electron chi connectivity index (χ2n) is 8.57. The van der Waals surface area contributed by atoms with Crippen LogP contribution in [0.4, 0.5) is 26.3 Å². The summed E-state index contributed by atoms with van der Waals surface area (Å²) in [5, 5.41) is 9.22. The zero-order valence-electron chi connectivity index (χ0n) is 15.9. The van der Waals surface area contributed by atoms with E-state index in [0.717, 1.165) is 11.5 Å². The SMILES string of the molecule is C=CC12CC=C(C3(CC#CC(O)(C(F)(F)F)C(F)(F)F)CC3)[C@@]1(C)CCCC2=O. The van der Waals surface area contributed by atoms with Gasteiger partial charge >= 0.3 is 18.0 Å². The first-order valence-electron chi connectivity index (χ1n) is 9.43. The molecule has 0 aromatic heterocycles. The molecule has 2 atom stereocenters. The van der Waals surface area contributed by atoms with Gasteiger partial charge in [0.25, 0.3) is 0 Å². The van der Waals surface area contributed by atoms with Gasteiger partial charge in [-0.1, -0.05) is 30.6 Å². The Kier molecular flexibility index (Phi) is 4.82. The van der Waals surface area contributed by atoms with Crippen LogP contribution in [0.25, 0.3) is 0 Å². The number of alkyl halides is 6. The maximum Gasteiger partial charge on any atom is 0.438 e. The molecule has 0 amide bonds. The molecule has 0 aromatic carbocycles.